The zero-order valence-corrected chi connectivity index (χ0v) is 12.7. The molecule has 1 aromatic rings. The minimum atomic E-state index is -0.339. The van der Waals surface area contributed by atoms with E-state index in [4.69, 9.17) is 0 Å². The van der Waals surface area contributed by atoms with E-state index < -0.39 is 0 Å². The SMILES string of the molecule is C=CCC(CCC(=O)C(C)(C)C)C(=O)c1ccccc1. The zero-order valence-electron chi connectivity index (χ0n) is 12.7. The van der Waals surface area contributed by atoms with Crippen LogP contribution < -0.4 is 0 Å². The molecule has 0 N–H and O–H groups in total. The molecule has 1 aromatic carbocycles. The highest BCUT2D eigenvalue weighted by molar-refractivity contribution is 5.98. The summed E-state index contributed by atoms with van der Waals surface area (Å²) in [6.45, 7) is 9.46. The lowest BCUT2D eigenvalue weighted by Gasteiger charge is -2.19. The number of carbonyl (C=O) groups excluding carboxylic acids is 2. The monoisotopic (exact) mass is 272 g/mol. The van der Waals surface area contributed by atoms with E-state index in [0.717, 1.165) is 0 Å². The normalized spacial score (nSPS) is 12.8. The van der Waals surface area contributed by atoms with Crippen molar-refractivity contribution in [3.05, 3.63) is 48.6 Å². The minimum absolute atomic E-state index is 0.104. The summed E-state index contributed by atoms with van der Waals surface area (Å²) in [5.41, 5.74) is 0.372. The van der Waals surface area contributed by atoms with Gasteiger partial charge in [0.25, 0.3) is 0 Å². The van der Waals surface area contributed by atoms with Crippen LogP contribution in [-0.2, 0) is 4.79 Å². The van der Waals surface area contributed by atoms with Crippen LogP contribution in [0.3, 0.4) is 0 Å². The lowest BCUT2D eigenvalue weighted by atomic mass is 9.84. The summed E-state index contributed by atoms with van der Waals surface area (Å²) >= 11 is 0. The number of rotatable bonds is 7. The number of carbonyl (C=O) groups is 2. The average Bonchev–Trinajstić information content (AvgIpc) is 2.42. The fraction of sp³-hybridized carbons (Fsp3) is 0.444. The first-order valence-corrected chi connectivity index (χ1v) is 7.09. The van der Waals surface area contributed by atoms with Crippen LogP contribution in [0.15, 0.2) is 43.0 Å². The van der Waals surface area contributed by atoms with Gasteiger partial charge in [0, 0.05) is 23.3 Å². The first kappa shape index (κ1) is 16.4. The molecule has 108 valence electrons. The van der Waals surface area contributed by atoms with E-state index in [0.29, 0.717) is 24.8 Å². The highest BCUT2D eigenvalue weighted by Gasteiger charge is 2.24. The van der Waals surface area contributed by atoms with Crippen LogP contribution in [-0.4, -0.2) is 11.6 Å². The Bertz CT molecular complexity index is 466. The predicted octanol–water partition coefficient (Wildman–Crippen LogP) is 4.46. The van der Waals surface area contributed by atoms with E-state index >= 15 is 0 Å². The Morgan fingerprint density at radius 1 is 1.20 bits per heavy atom. The van der Waals surface area contributed by atoms with Crippen LogP contribution in [0.5, 0.6) is 0 Å². The maximum Gasteiger partial charge on any atom is 0.166 e. The number of hydrogen-bond acceptors (Lipinski definition) is 2. The molecule has 0 saturated carbocycles. The summed E-state index contributed by atoms with van der Waals surface area (Å²) in [4.78, 5) is 24.4. The molecule has 0 radical (unpaired) electrons. The molecule has 0 saturated heterocycles. The molecule has 0 bridgehead atoms. The van der Waals surface area contributed by atoms with Gasteiger partial charge in [0.2, 0.25) is 0 Å². The van der Waals surface area contributed by atoms with Crippen LogP contribution >= 0.6 is 0 Å². The van der Waals surface area contributed by atoms with E-state index in [1.807, 2.05) is 51.1 Å². The molecular formula is C18H24O2. The number of Topliss-reactive ketones (excluding diaryl/α,β-unsaturated/α-hetero) is 2. The Kier molecular flexibility index (Phi) is 5.87. The highest BCUT2D eigenvalue weighted by atomic mass is 16.1. The second-order valence-electron chi connectivity index (χ2n) is 6.16. The number of ketones is 2. The van der Waals surface area contributed by atoms with Crippen molar-refractivity contribution in [2.24, 2.45) is 11.3 Å². The van der Waals surface area contributed by atoms with Crippen LogP contribution in [0.4, 0.5) is 0 Å². The molecule has 0 amide bonds. The third-order valence-corrected chi connectivity index (χ3v) is 3.44. The van der Waals surface area contributed by atoms with Crippen molar-refractivity contribution in [2.45, 2.75) is 40.0 Å². The fourth-order valence-electron chi connectivity index (χ4n) is 2.08. The van der Waals surface area contributed by atoms with Gasteiger partial charge in [-0.3, -0.25) is 9.59 Å². The topological polar surface area (TPSA) is 34.1 Å². The third kappa shape index (κ3) is 4.76. The molecular weight excluding hydrogens is 248 g/mol. The molecule has 1 atom stereocenters. The van der Waals surface area contributed by atoms with E-state index in [9.17, 15) is 9.59 Å². The minimum Gasteiger partial charge on any atom is -0.299 e. The number of hydrogen-bond donors (Lipinski definition) is 0. The smallest absolute Gasteiger partial charge is 0.166 e. The summed E-state index contributed by atoms with van der Waals surface area (Å²) in [7, 11) is 0. The molecule has 0 aliphatic heterocycles. The van der Waals surface area contributed by atoms with E-state index in [2.05, 4.69) is 6.58 Å². The second-order valence-corrected chi connectivity index (χ2v) is 6.16. The van der Waals surface area contributed by atoms with Gasteiger partial charge < -0.3 is 0 Å². The van der Waals surface area contributed by atoms with Gasteiger partial charge in [-0.25, -0.2) is 0 Å². The van der Waals surface area contributed by atoms with Gasteiger partial charge in [0.15, 0.2) is 5.78 Å². The van der Waals surface area contributed by atoms with Gasteiger partial charge in [-0.15, -0.1) is 6.58 Å². The summed E-state index contributed by atoms with van der Waals surface area (Å²) < 4.78 is 0. The largest absolute Gasteiger partial charge is 0.299 e. The summed E-state index contributed by atoms with van der Waals surface area (Å²) in [6, 6.07) is 9.26. The average molecular weight is 272 g/mol. The standard InChI is InChI=1S/C18H24O2/c1-5-9-14(12-13-16(19)18(2,3)4)17(20)15-10-7-6-8-11-15/h5-8,10-11,14H,1,9,12-13H2,2-4H3. The molecule has 1 rings (SSSR count). The van der Waals surface area contributed by atoms with Crippen LogP contribution in [0.25, 0.3) is 0 Å². The van der Waals surface area contributed by atoms with Crippen molar-refractivity contribution in [3.63, 3.8) is 0 Å². The maximum absolute atomic E-state index is 12.4. The first-order valence-electron chi connectivity index (χ1n) is 7.09. The van der Waals surface area contributed by atoms with Gasteiger partial charge in [-0.2, -0.15) is 0 Å². The molecule has 0 spiro atoms. The quantitative estimate of drug-likeness (QED) is 0.542. The van der Waals surface area contributed by atoms with Crippen LogP contribution in [0, 0.1) is 11.3 Å². The Hall–Kier alpha value is -1.70. The molecule has 0 aromatic heterocycles. The fourth-order valence-corrected chi connectivity index (χ4v) is 2.08. The van der Waals surface area contributed by atoms with Crippen LogP contribution in [0.1, 0.15) is 50.4 Å². The van der Waals surface area contributed by atoms with Crippen molar-refractivity contribution < 1.29 is 9.59 Å². The van der Waals surface area contributed by atoms with Gasteiger partial charge >= 0.3 is 0 Å². The van der Waals surface area contributed by atoms with Gasteiger partial charge in [0.1, 0.15) is 5.78 Å². The van der Waals surface area contributed by atoms with Crippen molar-refractivity contribution in [2.75, 3.05) is 0 Å². The van der Waals surface area contributed by atoms with Gasteiger partial charge in [0.05, 0.1) is 0 Å². The van der Waals surface area contributed by atoms with Crippen molar-refractivity contribution in [1.29, 1.82) is 0 Å². The zero-order chi connectivity index (χ0) is 15.2. The maximum atomic E-state index is 12.4. The van der Waals surface area contributed by atoms with E-state index in [1.54, 1.807) is 6.08 Å². The highest BCUT2D eigenvalue weighted by Crippen LogP contribution is 2.23. The lowest BCUT2D eigenvalue weighted by Crippen LogP contribution is -2.22. The molecule has 0 aliphatic carbocycles. The number of benzene rings is 1. The number of allylic oxidation sites excluding steroid dienone is 1. The predicted molar refractivity (Wildman–Crippen MR) is 82.8 cm³/mol. The second kappa shape index (κ2) is 7.18. The molecule has 2 nitrogen and oxygen atoms in total. The van der Waals surface area contributed by atoms with Crippen molar-refractivity contribution in [3.8, 4) is 0 Å². The van der Waals surface area contributed by atoms with E-state index in [-0.39, 0.29) is 22.9 Å². The van der Waals surface area contributed by atoms with Crippen LogP contribution in [0.2, 0.25) is 0 Å². The summed E-state index contributed by atoms with van der Waals surface area (Å²) in [5, 5.41) is 0. The first-order chi connectivity index (χ1) is 9.36. The molecule has 0 fully saturated rings. The van der Waals surface area contributed by atoms with Crippen molar-refractivity contribution >= 4 is 11.6 Å². The Labute approximate surface area is 121 Å². The van der Waals surface area contributed by atoms with Gasteiger partial charge in [-0.05, 0) is 12.8 Å². The van der Waals surface area contributed by atoms with Crippen molar-refractivity contribution in [1.82, 2.24) is 0 Å². The van der Waals surface area contributed by atoms with E-state index in [1.165, 1.54) is 0 Å². The Morgan fingerprint density at radius 2 is 1.80 bits per heavy atom. The molecule has 1 unspecified atom stereocenters. The molecule has 20 heavy (non-hydrogen) atoms. The molecule has 2 heteroatoms. The van der Waals surface area contributed by atoms with Gasteiger partial charge in [-0.1, -0.05) is 57.2 Å². The summed E-state index contributed by atoms with van der Waals surface area (Å²) in [5.74, 6) is 0.154. The molecule has 0 aliphatic rings. The third-order valence-electron chi connectivity index (χ3n) is 3.44. The molecule has 0 heterocycles. The lowest BCUT2D eigenvalue weighted by molar-refractivity contribution is -0.126. The summed E-state index contributed by atoms with van der Waals surface area (Å²) in [6.07, 6.45) is 3.41. The Morgan fingerprint density at radius 3 is 2.30 bits per heavy atom. The Balaban J connectivity index is 2.72.